The van der Waals surface area contributed by atoms with Crippen LogP contribution in [0.25, 0.3) is 11.0 Å². The van der Waals surface area contributed by atoms with E-state index in [0.717, 1.165) is 0 Å². The number of hydrogen-bond acceptors (Lipinski definition) is 6. The molecular formula is C15H13N7O. The second-order valence-electron chi connectivity index (χ2n) is 5.53. The van der Waals surface area contributed by atoms with Gasteiger partial charge in [-0.3, -0.25) is 14.0 Å². The molecule has 0 aliphatic carbocycles. The van der Waals surface area contributed by atoms with Crippen LogP contribution < -0.4 is 10.5 Å². The van der Waals surface area contributed by atoms with Gasteiger partial charge in [-0.2, -0.15) is 15.3 Å². The van der Waals surface area contributed by atoms with Gasteiger partial charge in [0, 0.05) is 32.5 Å². The summed E-state index contributed by atoms with van der Waals surface area (Å²) in [7, 11) is 1.71. The first-order valence-corrected chi connectivity index (χ1v) is 7.18. The number of nitrogens with zero attached hydrogens (tertiary/aromatic N) is 7. The molecule has 3 aromatic rings. The first-order chi connectivity index (χ1) is 11.2. The lowest BCUT2D eigenvalue weighted by Crippen LogP contribution is -2.50. The van der Waals surface area contributed by atoms with E-state index in [0.29, 0.717) is 35.6 Å². The van der Waals surface area contributed by atoms with Crippen LogP contribution in [-0.2, 0) is 7.05 Å². The van der Waals surface area contributed by atoms with Crippen LogP contribution in [0.15, 0.2) is 35.5 Å². The van der Waals surface area contributed by atoms with Crippen molar-refractivity contribution in [3.63, 3.8) is 0 Å². The van der Waals surface area contributed by atoms with Gasteiger partial charge in [0.05, 0.1) is 23.2 Å². The van der Waals surface area contributed by atoms with E-state index in [-0.39, 0.29) is 11.6 Å². The Kier molecular flexibility index (Phi) is 2.87. The molecule has 0 unspecified atom stereocenters. The summed E-state index contributed by atoms with van der Waals surface area (Å²) in [6.07, 6.45) is 4.91. The highest BCUT2D eigenvalue weighted by Gasteiger charge is 2.31. The zero-order valence-corrected chi connectivity index (χ0v) is 12.4. The van der Waals surface area contributed by atoms with Crippen LogP contribution in [0.1, 0.15) is 11.6 Å². The summed E-state index contributed by atoms with van der Waals surface area (Å²) in [4.78, 5) is 23.1. The highest BCUT2D eigenvalue weighted by atomic mass is 16.1. The van der Waals surface area contributed by atoms with E-state index in [1.54, 1.807) is 47.0 Å². The number of anilines is 1. The van der Waals surface area contributed by atoms with Crippen LogP contribution in [0.5, 0.6) is 0 Å². The minimum Gasteiger partial charge on any atom is -0.338 e. The van der Waals surface area contributed by atoms with Gasteiger partial charge in [-0.15, -0.1) is 0 Å². The second-order valence-corrected chi connectivity index (χ2v) is 5.53. The van der Waals surface area contributed by atoms with Gasteiger partial charge < -0.3 is 4.90 Å². The Morgan fingerprint density at radius 1 is 1.39 bits per heavy atom. The zero-order valence-electron chi connectivity index (χ0n) is 12.4. The highest BCUT2D eigenvalue weighted by molar-refractivity contribution is 5.74. The van der Waals surface area contributed by atoms with Gasteiger partial charge in [0.25, 0.3) is 5.56 Å². The molecule has 1 fully saturated rings. The monoisotopic (exact) mass is 307 g/mol. The lowest BCUT2D eigenvalue weighted by molar-refractivity contribution is 0.360. The molecule has 1 saturated heterocycles. The number of pyridine rings is 1. The third-order valence-electron chi connectivity index (χ3n) is 4.08. The maximum Gasteiger partial charge on any atom is 0.264 e. The Bertz CT molecular complexity index is 991. The summed E-state index contributed by atoms with van der Waals surface area (Å²) >= 11 is 0. The van der Waals surface area contributed by atoms with Crippen LogP contribution in [-0.4, -0.2) is 37.4 Å². The van der Waals surface area contributed by atoms with Gasteiger partial charge in [-0.05, 0) is 12.1 Å². The molecule has 8 nitrogen and oxygen atoms in total. The molecule has 0 atom stereocenters. The summed E-state index contributed by atoms with van der Waals surface area (Å²) in [5, 5.41) is 13.6. The number of aromatic nitrogens is 5. The van der Waals surface area contributed by atoms with Gasteiger partial charge >= 0.3 is 0 Å². The molecule has 0 radical (unpaired) electrons. The predicted molar refractivity (Wildman–Crippen MR) is 83.0 cm³/mol. The van der Waals surface area contributed by atoms with Crippen molar-refractivity contribution < 1.29 is 0 Å². The number of nitriles is 1. The number of hydrogen-bond donors (Lipinski definition) is 0. The Morgan fingerprint density at radius 3 is 2.96 bits per heavy atom. The van der Waals surface area contributed by atoms with Crippen molar-refractivity contribution in [1.82, 2.24) is 24.3 Å². The summed E-state index contributed by atoms with van der Waals surface area (Å²) in [5.74, 6) is 0.602. The molecule has 0 aromatic carbocycles. The fraction of sp³-hybridized carbons (Fsp3) is 0.267. The minimum absolute atomic E-state index is 0.104. The van der Waals surface area contributed by atoms with Gasteiger partial charge in [0.2, 0.25) is 5.95 Å². The van der Waals surface area contributed by atoms with Crippen LogP contribution in [0.2, 0.25) is 0 Å². The molecule has 0 N–H and O–H groups in total. The van der Waals surface area contributed by atoms with Crippen molar-refractivity contribution in [3.05, 3.63) is 46.6 Å². The Labute approximate surface area is 131 Å². The van der Waals surface area contributed by atoms with Gasteiger partial charge in [0.1, 0.15) is 6.07 Å². The molecule has 1 aliphatic rings. The van der Waals surface area contributed by atoms with E-state index < -0.39 is 0 Å². The lowest BCUT2D eigenvalue weighted by Gasteiger charge is -2.40. The molecule has 0 saturated carbocycles. The van der Waals surface area contributed by atoms with Crippen molar-refractivity contribution in [2.45, 2.75) is 6.04 Å². The van der Waals surface area contributed by atoms with Crippen molar-refractivity contribution in [1.29, 1.82) is 5.26 Å². The highest BCUT2D eigenvalue weighted by Crippen LogP contribution is 2.25. The fourth-order valence-electron chi connectivity index (χ4n) is 2.76. The number of fused-ring (bicyclic) bond motifs is 1. The van der Waals surface area contributed by atoms with Crippen molar-refractivity contribution in [2.24, 2.45) is 7.05 Å². The Hall–Kier alpha value is -3.21. The third-order valence-corrected chi connectivity index (χ3v) is 4.08. The molecule has 4 heterocycles. The molecule has 0 spiro atoms. The third kappa shape index (κ3) is 2.05. The van der Waals surface area contributed by atoms with Gasteiger partial charge in [-0.1, -0.05) is 0 Å². The molecule has 8 heteroatoms. The molecule has 114 valence electrons. The van der Waals surface area contributed by atoms with Gasteiger partial charge in [-0.25, -0.2) is 4.98 Å². The summed E-state index contributed by atoms with van der Waals surface area (Å²) in [6, 6.07) is 5.70. The van der Waals surface area contributed by atoms with Crippen LogP contribution in [0.4, 0.5) is 5.95 Å². The number of rotatable bonds is 2. The molecule has 4 rings (SSSR count). The van der Waals surface area contributed by atoms with E-state index in [1.165, 1.54) is 0 Å². The average molecular weight is 307 g/mol. The predicted octanol–water partition coefficient (Wildman–Crippen LogP) is 0.458. The quantitative estimate of drug-likeness (QED) is 0.683. The Morgan fingerprint density at radius 2 is 2.22 bits per heavy atom. The normalized spacial score (nSPS) is 14.7. The molecule has 0 amide bonds. The SMILES string of the molecule is Cn1c(N2CC(n3cc(C#N)cn3)C2)nc2ncccc2c1=O. The average Bonchev–Trinajstić information content (AvgIpc) is 2.99. The summed E-state index contributed by atoms with van der Waals surface area (Å²) < 4.78 is 3.33. The first kappa shape index (κ1) is 13.5. The maximum absolute atomic E-state index is 12.4. The topological polar surface area (TPSA) is 92.6 Å². The van der Waals surface area contributed by atoms with Crippen molar-refractivity contribution >= 4 is 17.0 Å². The van der Waals surface area contributed by atoms with Crippen molar-refractivity contribution in [2.75, 3.05) is 18.0 Å². The summed E-state index contributed by atoms with van der Waals surface area (Å²) in [6.45, 7) is 1.37. The van der Waals surface area contributed by atoms with E-state index in [2.05, 4.69) is 21.1 Å². The fourth-order valence-corrected chi connectivity index (χ4v) is 2.76. The summed E-state index contributed by atoms with van der Waals surface area (Å²) in [5.41, 5.74) is 0.899. The zero-order chi connectivity index (χ0) is 16.0. The van der Waals surface area contributed by atoms with Crippen LogP contribution in [0, 0.1) is 11.3 Å². The lowest BCUT2D eigenvalue weighted by atomic mass is 10.1. The van der Waals surface area contributed by atoms with Gasteiger partial charge in [0.15, 0.2) is 5.65 Å². The van der Waals surface area contributed by atoms with E-state index >= 15 is 0 Å². The van der Waals surface area contributed by atoms with E-state index in [9.17, 15) is 4.79 Å². The molecule has 3 aromatic heterocycles. The smallest absolute Gasteiger partial charge is 0.264 e. The Balaban J connectivity index is 1.63. The standard InChI is InChI=1S/C15H13N7O/c1-20-14(23)12-3-2-4-17-13(12)19-15(20)21-8-11(9-21)22-7-10(5-16)6-18-22/h2-4,6-7,11H,8-9H2,1H3. The maximum atomic E-state index is 12.4. The second kappa shape index (κ2) is 4.91. The molecular weight excluding hydrogens is 294 g/mol. The minimum atomic E-state index is -0.104. The molecule has 23 heavy (non-hydrogen) atoms. The van der Waals surface area contributed by atoms with Crippen molar-refractivity contribution in [3.8, 4) is 6.07 Å². The van der Waals surface area contributed by atoms with Crippen LogP contribution in [0.3, 0.4) is 0 Å². The van der Waals surface area contributed by atoms with E-state index in [4.69, 9.17) is 5.26 Å². The molecule has 1 aliphatic heterocycles. The first-order valence-electron chi connectivity index (χ1n) is 7.18. The van der Waals surface area contributed by atoms with E-state index in [1.807, 2.05) is 4.90 Å². The molecule has 0 bridgehead atoms. The van der Waals surface area contributed by atoms with Crippen LogP contribution >= 0.6 is 0 Å². The largest absolute Gasteiger partial charge is 0.338 e.